The van der Waals surface area contributed by atoms with Crippen molar-refractivity contribution in [2.24, 2.45) is 0 Å². The van der Waals surface area contributed by atoms with Crippen LogP contribution in [0.4, 0.5) is 20.5 Å². The standard InChI is InChI=1S/C21H14ClF2N3O/c22-18-9-14(6-7-16(18)13-3-2-8-25-11-13)27-21-26-12-15(28-21)10-17-19(23)4-1-5-20(17)24/h1-9,11-12H,10H2,(H,26,27). The second-order valence-electron chi connectivity index (χ2n) is 6.07. The van der Waals surface area contributed by atoms with Crippen LogP contribution >= 0.6 is 11.6 Å². The van der Waals surface area contributed by atoms with Gasteiger partial charge in [0.1, 0.15) is 17.4 Å². The Morgan fingerprint density at radius 3 is 2.54 bits per heavy atom. The number of hydrogen-bond acceptors (Lipinski definition) is 4. The molecule has 0 spiro atoms. The molecule has 0 saturated heterocycles. The number of nitrogens with one attached hydrogen (secondary N) is 1. The summed E-state index contributed by atoms with van der Waals surface area (Å²) >= 11 is 6.38. The summed E-state index contributed by atoms with van der Waals surface area (Å²) in [5.41, 5.74) is 2.37. The molecule has 0 atom stereocenters. The molecule has 140 valence electrons. The molecule has 0 saturated carbocycles. The zero-order valence-corrected chi connectivity index (χ0v) is 15.3. The van der Waals surface area contributed by atoms with Crippen LogP contribution < -0.4 is 5.32 Å². The molecule has 4 nitrogen and oxygen atoms in total. The van der Waals surface area contributed by atoms with Crippen LogP contribution in [0.2, 0.25) is 5.02 Å². The first-order valence-corrected chi connectivity index (χ1v) is 8.82. The monoisotopic (exact) mass is 397 g/mol. The van der Waals surface area contributed by atoms with Gasteiger partial charge in [-0.05, 0) is 30.3 Å². The van der Waals surface area contributed by atoms with Gasteiger partial charge in [0.25, 0.3) is 6.01 Å². The fourth-order valence-corrected chi connectivity index (χ4v) is 3.08. The lowest BCUT2D eigenvalue weighted by Gasteiger charge is -2.07. The normalized spacial score (nSPS) is 10.8. The summed E-state index contributed by atoms with van der Waals surface area (Å²) in [5.74, 6) is -0.906. The molecule has 7 heteroatoms. The second kappa shape index (κ2) is 7.78. The van der Waals surface area contributed by atoms with Crippen molar-refractivity contribution < 1.29 is 13.2 Å². The Labute approximate surface area is 164 Å². The smallest absolute Gasteiger partial charge is 0.299 e. The quantitative estimate of drug-likeness (QED) is 0.448. The fraction of sp³-hybridized carbons (Fsp3) is 0.0476. The van der Waals surface area contributed by atoms with Crippen LogP contribution in [-0.2, 0) is 6.42 Å². The molecule has 0 aliphatic carbocycles. The molecular weight excluding hydrogens is 384 g/mol. The predicted molar refractivity (Wildman–Crippen MR) is 104 cm³/mol. The number of oxazole rings is 1. The average molecular weight is 398 g/mol. The van der Waals surface area contributed by atoms with Gasteiger partial charge in [0, 0.05) is 41.2 Å². The van der Waals surface area contributed by atoms with E-state index in [0.717, 1.165) is 11.1 Å². The number of pyridine rings is 1. The van der Waals surface area contributed by atoms with Gasteiger partial charge >= 0.3 is 0 Å². The molecular formula is C21H14ClF2N3O. The number of aromatic nitrogens is 2. The number of halogens is 3. The Hall–Kier alpha value is -3.25. The minimum absolute atomic E-state index is 0.0338. The Bertz CT molecular complexity index is 1100. The van der Waals surface area contributed by atoms with Crippen molar-refractivity contribution in [1.82, 2.24) is 9.97 Å². The summed E-state index contributed by atoms with van der Waals surface area (Å²) in [5, 5.41) is 3.53. The van der Waals surface area contributed by atoms with Gasteiger partial charge in [-0.25, -0.2) is 13.8 Å². The molecule has 4 aromatic rings. The first-order chi connectivity index (χ1) is 13.6. The number of benzene rings is 2. The lowest BCUT2D eigenvalue weighted by Crippen LogP contribution is -1.95. The maximum Gasteiger partial charge on any atom is 0.299 e. The molecule has 0 aliphatic rings. The SMILES string of the molecule is Fc1cccc(F)c1Cc1cnc(Nc2ccc(-c3cccnc3)c(Cl)c2)o1. The lowest BCUT2D eigenvalue weighted by atomic mass is 10.1. The zero-order chi connectivity index (χ0) is 19.5. The molecule has 0 aliphatic heterocycles. The summed E-state index contributed by atoms with van der Waals surface area (Å²) in [6.07, 6.45) is 4.82. The summed E-state index contributed by atoms with van der Waals surface area (Å²) in [6, 6.07) is 13.1. The predicted octanol–water partition coefficient (Wildman–Crippen LogP) is 6.00. The van der Waals surface area contributed by atoms with Crippen LogP contribution in [-0.4, -0.2) is 9.97 Å². The highest BCUT2D eigenvalue weighted by molar-refractivity contribution is 6.33. The Balaban J connectivity index is 1.51. The van der Waals surface area contributed by atoms with E-state index in [9.17, 15) is 8.78 Å². The van der Waals surface area contributed by atoms with E-state index in [1.807, 2.05) is 24.3 Å². The number of nitrogens with zero attached hydrogens (tertiary/aromatic N) is 2. The Kier molecular flexibility index (Phi) is 5.04. The summed E-state index contributed by atoms with van der Waals surface area (Å²) < 4.78 is 33.1. The lowest BCUT2D eigenvalue weighted by molar-refractivity contribution is 0.511. The maximum atomic E-state index is 13.8. The Morgan fingerprint density at radius 2 is 1.82 bits per heavy atom. The highest BCUT2D eigenvalue weighted by Crippen LogP contribution is 2.31. The summed E-state index contributed by atoms with van der Waals surface area (Å²) in [7, 11) is 0. The van der Waals surface area contributed by atoms with Gasteiger partial charge in [-0.15, -0.1) is 0 Å². The highest BCUT2D eigenvalue weighted by atomic mass is 35.5. The summed E-state index contributed by atoms with van der Waals surface area (Å²) in [4.78, 5) is 8.19. The van der Waals surface area contributed by atoms with Crippen molar-refractivity contribution in [3.8, 4) is 11.1 Å². The largest absolute Gasteiger partial charge is 0.428 e. The van der Waals surface area contributed by atoms with Gasteiger partial charge in [-0.1, -0.05) is 29.8 Å². The number of rotatable bonds is 5. The first kappa shape index (κ1) is 18.1. The van der Waals surface area contributed by atoms with E-state index >= 15 is 0 Å². The third kappa shape index (κ3) is 3.87. The third-order valence-electron chi connectivity index (χ3n) is 4.16. The molecule has 0 radical (unpaired) electrons. The van der Waals surface area contributed by atoms with Crippen molar-refractivity contribution in [3.63, 3.8) is 0 Å². The number of hydrogen-bond donors (Lipinski definition) is 1. The molecule has 2 aromatic carbocycles. The van der Waals surface area contributed by atoms with Crippen LogP contribution in [0.1, 0.15) is 11.3 Å². The van der Waals surface area contributed by atoms with E-state index in [-0.39, 0.29) is 18.0 Å². The molecule has 28 heavy (non-hydrogen) atoms. The van der Waals surface area contributed by atoms with E-state index in [4.69, 9.17) is 16.0 Å². The fourth-order valence-electron chi connectivity index (χ4n) is 2.79. The van der Waals surface area contributed by atoms with Gasteiger partial charge < -0.3 is 9.73 Å². The van der Waals surface area contributed by atoms with E-state index in [0.29, 0.717) is 16.5 Å². The molecule has 0 amide bonds. The minimum Gasteiger partial charge on any atom is -0.428 e. The van der Waals surface area contributed by atoms with Crippen LogP contribution in [0, 0.1) is 11.6 Å². The topological polar surface area (TPSA) is 51.0 Å². The van der Waals surface area contributed by atoms with Crippen molar-refractivity contribution in [2.75, 3.05) is 5.32 Å². The maximum absolute atomic E-state index is 13.8. The van der Waals surface area contributed by atoms with Gasteiger partial charge in [0.05, 0.1) is 11.2 Å². The van der Waals surface area contributed by atoms with Crippen molar-refractivity contribution in [3.05, 3.63) is 95.1 Å². The van der Waals surface area contributed by atoms with E-state index < -0.39 is 11.6 Å². The van der Waals surface area contributed by atoms with Gasteiger partial charge in [-0.2, -0.15) is 0 Å². The van der Waals surface area contributed by atoms with E-state index in [2.05, 4.69) is 15.3 Å². The van der Waals surface area contributed by atoms with Gasteiger partial charge in [0.15, 0.2) is 0 Å². The molecule has 2 aromatic heterocycles. The van der Waals surface area contributed by atoms with Crippen molar-refractivity contribution >= 4 is 23.3 Å². The first-order valence-electron chi connectivity index (χ1n) is 8.45. The highest BCUT2D eigenvalue weighted by Gasteiger charge is 2.13. The van der Waals surface area contributed by atoms with Crippen LogP contribution in [0.25, 0.3) is 11.1 Å². The molecule has 0 unspecified atom stereocenters. The van der Waals surface area contributed by atoms with Crippen molar-refractivity contribution in [2.45, 2.75) is 6.42 Å². The van der Waals surface area contributed by atoms with E-state index in [1.54, 1.807) is 18.5 Å². The van der Waals surface area contributed by atoms with Crippen LogP contribution in [0.5, 0.6) is 0 Å². The molecule has 4 rings (SSSR count). The second-order valence-corrected chi connectivity index (χ2v) is 6.48. The molecule has 1 N–H and O–H groups in total. The van der Waals surface area contributed by atoms with Gasteiger partial charge in [-0.3, -0.25) is 4.98 Å². The Morgan fingerprint density at radius 1 is 1.00 bits per heavy atom. The molecule has 2 heterocycles. The third-order valence-corrected chi connectivity index (χ3v) is 4.47. The molecule has 0 bridgehead atoms. The van der Waals surface area contributed by atoms with Crippen LogP contribution in [0.3, 0.4) is 0 Å². The van der Waals surface area contributed by atoms with Crippen molar-refractivity contribution in [1.29, 1.82) is 0 Å². The van der Waals surface area contributed by atoms with E-state index in [1.165, 1.54) is 24.4 Å². The minimum atomic E-state index is -0.622. The van der Waals surface area contributed by atoms with Crippen LogP contribution in [0.15, 0.2) is 71.5 Å². The molecule has 0 fully saturated rings. The average Bonchev–Trinajstić information content (AvgIpc) is 3.13. The van der Waals surface area contributed by atoms with Gasteiger partial charge in [0.2, 0.25) is 0 Å². The number of anilines is 2. The zero-order valence-electron chi connectivity index (χ0n) is 14.5. The summed E-state index contributed by atoms with van der Waals surface area (Å²) in [6.45, 7) is 0.